The standard InChI is InChI=1S/C15H10N2O2S/c1-19-14-11-7-20-8-12(11)17-13(16-14)6-9-4-2-3-5-10(9)15(17)18/h2-8H,1H3. The summed E-state index contributed by atoms with van der Waals surface area (Å²) < 4.78 is 6.98. The minimum absolute atomic E-state index is 0.0448. The van der Waals surface area contributed by atoms with Crippen LogP contribution in [-0.4, -0.2) is 16.5 Å². The Labute approximate surface area is 117 Å². The smallest absolute Gasteiger partial charge is 0.264 e. The highest BCUT2D eigenvalue weighted by atomic mass is 32.1. The molecular weight excluding hydrogens is 272 g/mol. The van der Waals surface area contributed by atoms with Gasteiger partial charge in [0.2, 0.25) is 5.88 Å². The van der Waals surface area contributed by atoms with Crippen LogP contribution in [0.4, 0.5) is 0 Å². The lowest BCUT2D eigenvalue weighted by Crippen LogP contribution is -2.15. The minimum Gasteiger partial charge on any atom is -0.480 e. The molecule has 4 nitrogen and oxygen atoms in total. The van der Waals surface area contributed by atoms with Crippen molar-refractivity contribution < 1.29 is 4.74 Å². The van der Waals surface area contributed by atoms with Crippen LogP contribution < -0.4 is 10.3 Å². The Morgan fingerprint density at radius 1 is 1.20 bits per heavy atom. The summed E-state index contributed by atoms with van der Waals surface area (Å²) in [5.74, 6) is 0.552. The maximum Gasteiger partial charge on any atom is 0.264 e. The highest BCUT2D eigenvalue weighted by molar-refractivity contribution is 7.09. The summed E-state index contributed by atoms with van der Waals surface area (Å²) in [7, 11) is 1.59. The van der Waals surface area contributed by atoms with Crippen LogP contribution in [0.25, 0.3) is 27.3 Å². The first-order chi connectivity index (χ1) is 9.79. The SMILES string of the molecule is COc1nc2cc3ccccc3c(=O)n2c2cscc12. The van der Waals surface area contributed by atoms with E-state index in [1.54, 1.807) is 11.5 Å². The highest BCUT2D eigenvalue weighted by Crippen LogP contribution is 2.28. The molecule has 0 atom stereocenters. The fraction of sp³-hybridized carbons (Fsp3) is 0.0667. The predicted octanol–water partition coefficient (Wildman–Crippen LogP) is 3.07. The molecule has 0 aliphatic carbocycles. The maximum absolute atomic E-state index is 12.7. The zero-order chi connectivity index (χ0) is 13.7. The summed E-state index contributed by atoms with van der Waals surface area (Å²) in [6, 6.07) is 9.46. The third-order valence-corrected chi connectivity index (χ3v) is 4.16. The third kappa shape index (κ3) is 1.41. The highest BCUT2D eigenvalue weighted by Gasteiger charge is 2.12. The molecule has 0 N–H and O–H groups in total. The van der Waals surface area contributed by atoms with Crippen LogP contribution in [0.15, 0.2) is 45.9 Å². The molecular formula is C15H10N2O2S. The van der Waals surface area contributed by atoms with E-state index >= 15 is 0 Å². The average molecular weight is 282 g/mol. The maximum atomic E-state index is 12.7. The lowest BCUT2D eigenvalue weighted by Gasteiger charge is -2.08. The second-order valence-corrected chi connectivity index (χ2v) is 5.27. The average Bonchev–Trinajstić information content (AvgIpc) is 2.95. The molecule has 98 valence electrons. The van der Waals surface area contributed by atoms with Crippen LogP contribution in [-0.2, 0) is 0 Å². The zero-order valence-electron chi connectivity index (χ0n) is 10.7. The molecule has 3 heterocycles. The molecule has 0 saturated carbocycles. The van der Waals surface area contributed by atoms with Gasteiger partial charge in [-0.2, -0.15) is 4.98 Å². The summed E-state index contributed by atoms with van der Waals surface area (Å²) in [6.07, 6.45) is 0. The minimum atomic E-state index is -0.0448. The number of aromatic nitrogens is 2. The number of nitrogens with zero attached hydrogens (tertiary/aromatic N) is 2. The Kier molecular flexibility index (Phi) is 2.31. The lowest BCUT2D eigenvalue weighted by atomic mass is 10.1. The number of hydrogen-bond donors (Lipinski definition) is 0. The Morgan fingerprint density at radius 3 is 2.90 bits per heavy atom. The van der Waals surface area contributed by atoms with Crippen molar-refractivity contribution in [3.63, 3.8) is 0 Å². The number of ether oxygens (including phenoxy) is 1. The third-order valence-electron chi connectivity index (χ3n) is 3.43. The van der Waals surface area contributed by atoms with E-state index in [0.717, 1.165) is 16.3 Å². The van der Waals surface area contributed by atoms with Gasteiger partial charge >= 0.3 is 0 Å². The summed E-state index contributed by atoms with van der Waals surface area (Å²) in [5, 5.41) is 6.35. The van der Waals surface area contributed by atoms with Crippen molar-refractivity contribution in [1.82, 2.24) is 9.38 Å². The van der Waals surface area contributed by atoms with Gasteiger partial charge in [0.1, 0.15) is 5.65 Å². The first-order valence-corrected chi connectivity index (χ1v) is 7.08. The molecule has 0 saturated heterocycles. The van der Waals surface area contributed by atoms with E-state index in [1.165, 1.54) is 11.3 Å². The normalized spacial score (nSPS) is 11.4. The molecule has 4 aromatic rings. The van der Waals surface area contributed by atoms with Crippen molar-refractivity contribution in [3.05, 3.63) is 51.4 Å². The van der Waals surface area contributed by atoms with Gasteiger partial charge in [-0.1, -0.05) is 18.2 Å². The van der Waals surface area contributed by atoms with Crippen molar-refractivity contribution in [2.24, 2.45) is 0 Å². The monoisotopic (exact) mass is 282 g/mol. The molecule has 0 aliphatic rings. The first-order valence-electron chi connectivity index (χ1n) is 6.14. The molecule has 0 aliphatic heterocycles. The molecule has 0 unspecified atom stereocenters. The number of fused-ring (bicyclic) bond motifs is 4. The Hall–Kier alpha value is -2.40. The predicted molar refractivity (Wildman–Crippen MR) is 80.9 cm³/mol. The first kappa shape index (κ1) is 11.4. The number of pyridine rings is 1. The molecule has 1 aromatic carbocycles. The fourth-order valence-electron chi connectivity index (χ4n) is 2.50. The molecule has 0 spiro atoms. The van der Waals surface area contributed by atoms with Gasteiger partial charge in [-0.25, -0.2) is 0 Å². The van der Waals surface area contributed by atoms with Crippen molar-refractivity contribution >= 4 is 38.7 Å². The quantitative estimate of drug-likeness (QED) is 0.504. The van der Waals surface area contributed by atoms with Crippen molar-refractivity contribution in [1.29, 1.82) is 0 Å². The van der Waals surface area contributed by atoms with Gasteiger partial charge in [-0.05, 0) is 17.5 Å². The van der Waals surface area contributed by atoms with Gasteiger partial charge in [0.15, 0.2) is 0 Å². The van der Waals surface area contributed by atoms with Gasteiger partial charge in [-0.3, -0.25) is 9.20 Å². The van der Waals surface area contributed by atoms with Crippen molar-refractivity contribution in [2.75, 3.05) is 7.11 Å². The summed E-state index contributed by atoms with van der Waals surface area (Å²) in [4.78, 5) is 17.1. The Morgan fingerprint density at radius 2 is 2.05 bits per heavy atom. The number of benzene rings is 1. The van der Waals surface area contributed by atoms with Gasteiger partial charge in [0, 0.05) is 16.1 Å². The molecule has 0 radical (unpaired) electrons. The van der Waals surface area contributed by atoms with E-state index < -0.39 is 0 Å². The van der Waals surface area contributed by atoms with Crippen molar-refractivity contribution in [3.8, 4) is 5.88 Å². The molecule has 0 fully saturated rings. The van der Waals surface area contributed by atoms with Gasteiger partial charge in [0.25, 0.3) is 5.56 Å². The topological polar surface area (TPSA) is 43.6 Å². The van der Waals surface area contributed by atoms with E-state index in [2.05, 4.69) is 4.98 Å². The molecule has 4 rings (SSSR count). The van der Waals surface area contributed by atoms with E-state index in [9.17, 15) is 4.79 Å². The van der Waals surface area contributed by atoms with Crippen LogP contribution in [0, 0.1) is 0 Å². The second kappa shape index (κ2) is 4.05. The second-order valence-electron chi connectivity index (χ2n) is 4.52. The van der Waals surface area contributed by atoms with Crippen LogP contribution in [0.5, 0.6) is 5.88 Å². The molecule has 0 amide bonds. The number of methoxy groups -OCH3 is 1. The van der Waals surface area contributed by atoms with Gasteiger partial charge < -0.3 is 4.74 Å². The fourth-order valence-corrected chi connectivity index (χ4v) is 3.29. The molecule has 3 aromatic heterocycles. The largest absolute Gasteiger partial charge is 0.480 e. The molecule has 0 bridgehead atoms. The lowest BCUT2D eigenvalue weighted by molar-refractivity contribution is 0.404. The van der Waals surface area contributed by atoms with Crippen molar-refractivity contribution in [2.45, 2.75) is 0 Å². The summed E-state index contributed by atoms with van der Waals surface area (Å²) in [5.41, 5.74) is 1.40. The van der Waals surface area contributed by atoms with E-state index in [-0.39, 0.29) is 5.56 Å². The summed E-state index contributed by atoms with van der Waals surface area (Å²) in [6.45, 7) is 0. The number of rotatable bonds is 1. The van der Waals surface area contributed by atoms with Crippen LogP contribution in [0.1, 0.15) is 0 Å². The van der Waals surface area contributed by atoms with E-state index in [1.807, 2.05) is 41.1 Å². The molecule has 20 heavy (non-hydrogen) atoms. The van der Waals surface area contributed by atoms with E-state index in [0.29, 0.717) is 16.9 Å². The van der Waals surface area contributed by atoms with Gasteiger partial charge in [-0.15, -0.1) is 11.3 Å². The summed E-state index contributed by atoms with van der Waals surface area (Å²) >= 11 is 1.53. The number of thiophene rings is 1. The van der Waals surface area contributed by atoms with Crippen LogP contribution in [0.3, 0.4) is 0 Å². The van der Waals surface area contributed by atoms with Crippen LogP contribution in [0.2, 0.25) is 0 Å². The zero-order valence-corrected chi connectivity index (χ0v) is 11.5. The Balaban J connectivity index is 2.35. The van der Waals surface area contributed by atoms with Gasteiger partial charge in [0.05, 0.1) is 18.0 Å². The van der Waals surface area contributed by atoms with Crippen LogP contribution >= 0.6 is 11.3 Å². The molecule has 5 heteroatoms. The Bertz CT molecular complexity index is 1020. The number of hydrogen-bond acceptors (Lipinski definition) is 4. The van der Waals surface area contributed by atoms with E-state index in [4.69, 9.17) is 4.74 Å².